The number of aliphatic hydroxyl groups is 1. The third-order valence-electron chi connectivity index (χ3n) is 5.64. The highest BCUT2D eigenvalue weighted by atomic mass is 19.4. The molecule has 0 spiro atoms. The van der Waals surface area contributed by atoms with Crippen LogP contribution in [0.4, 0.5) is 24.9 Å². The Balaban J connectivity index is 1.71. The maximum atomic E-state index is 13.1. The third-order valence-corrected chi connectivity index (χ3v) is 5.64. The molecule has 1 aliphatic rings. The van der Waals surface area contributed by atoms with Crippen molar-refractivity contribution >= 4 is 22.8 Å². The molecule has 3 N–H and O–H groups in total. The van der Waals surface area contributed by atoms with E-state index in [1.165, 1.54) is 16.8 Å². The lowest BCUT2D eigenvalue weighted by Gasteiger charge is -2.38. The number of piperidine rings is 1. The first-order valence-electron chi connectivity index (χ1n) is 9.70. The smallest absolute Gasteiger partial charge is 0.390 e. The van der Waals surface area contributed by atoms with E-state index in [1.807, 2.05) is 13.8 Å². The molecule has 0 radical (unpaired) electrons. The fourth-order valence-corrected chi connectivity index (χ4v) is 3.95. The lowest BCUT2D eigenvalue weighted by molar-refractivity contribution is -0.137. The topological polar surface area (TPSA) is 93.1 Å². The molecule has 3 aromatic rings. The van der Waals surface area contributed by atoms with Crippen LogP contribution >= 0.6 is 0 Å². The van der Waals surface area contributed by atoms with Crippen molar-refractivity contribution in [3.63, 3.8) is 0 Å². The van der Waals surface area contributed by atoms with Gasteiger partial charge in [-0.3, -0.25) is 0 Å². The molecule has 10 heteroatoms. The van der Waals surface area contributed by atoms with Crippen LogP contribution in [0.25, 0.3) is 16.7 Å². The van der Waals surface area contributed by atoms with Crippen molar-refractivity contribution in [2.24, 2.45) is 5.92 Å². The highest BCUT2D eigenvalue weighted by molar-refractivity contribution is 5.89. The Morgan fingerprint density at radius 2 is 1.83 bits per heavy atom. The highest BCUT2D eigenvalue weighted by Gasteiger charge is 2.32. The van der Waals surface area contributed by atoms with Gasteiger partial charge in [0.05, 0.1) is 28.4 Å². The first-order chi connectivity index (χ1) is 14.0. The summed E-state index contributed by atoms with van der Waals surface area (Å²) in [5.74, 6) is 0.803. The fourth-order valence-electron chi connectivity index (χ4n) is 3.95. The van der Waals surface area contributed by atoms with E-state index in [0.29, 0.717) is 29.9 Å². The molecular formula is C20H23F3N6O. The molecule has 1 aliphatic heterocycles. The molecule has 0 aliphatic carbocycles. The van der Waals surface area contributed by atoms with E-state index in [9.17, 15) is 18.3 Å². The number of alkyl halides is 3. The molecule has 160 valence electrons. The Kier molecular flexibility index (Phi) is 4.84. The van der Waals surface area contributed by atoms with E-state index in [4.69, 9.17) is 5.73 Å². The molecule has 1 aromatic carbocycles. The Morgan fingerprint density at radius 1 is 1.13 bits per heavy atom. The van der Waals surface area contributed by atoms with Crippen LogP contribution in [-0.2, 0) is 6.18 Å². The van der Waals surface area contributed by atoms with E-state index < -0.39 is 17.3 Å². The second-order valence-corrected chi connectivity index (χ2v) is 8.16. The minimum Gasteiger partial charge on any atom is -0.390 e. The van der Waals surface area contributed by atoms with Gasteiger partial charge in [-0.15, -0.1) is 0 Å². The van der Waals surface area contributed by atoms with Crippen molar-refractivity contribution in [2.45, 2.75) is 38.5 Å². The zero-order valence-electron chi connectivity index (χ0n) is 16.7. The molecule has 0 saturated carbocycles. The molecule has 1 fully saturated rings. The molecule has 0 bridgehead atoms. The Hall–Kier alpha value is -2.88. The van der Waals surface area contributed by atoms with Crippen molar-refractivity contribution in [3.05, 3.63) is 36.0 Å². The number of nitrogens with zero attached hydrogens (tertiary/aromatic N) is 5. The summed E-state index contributed by atoms with van der Waals surface area (Å²) in [5, 5.41) is 15.1. The van der Waals surface area contributed by atoms with Crippen molar-refractivity contribution in [1.82, 2.24) is 19.7 Å². The second kappa shape index (κ2) is 7.12. The summed E-state index contributed by atoms with van der Waals surface area (Å²) in [4.78, 5) is 10.7. The first-order valence-corrected chi connectivity index (χ1v) is 9.70. The zero-order valence-corrected chi connectivity index (χ0v) is 16.7. The molecule has 30 heavy (non-hydrogen) atoms. The maximum absolute atomic E-state index is 13.1. The summed E-state index contributed by atoms with van der Waals surface area (Å²) < 4.78 is 40.7. The van der Waals surface area contributed by atoms with Crippen LogP contribution < -0.4 is 10.6 Å². The average molecular weight is 420 g/mol. The highest BCUT2D eigenvalue weighted by Crippen LogP contribution is 2.34. The molecule has 3 heterocycles. The van der Waals surface area contributed by atoms with Crippen LogP contribution in [0.15, 0.2) is 30.5 Å². The van der Waals surface area contributed by atoms with Crippen molar-refractivity contribution < 1.29 is 18.3 Å². The number of nitrogens with two attached hydrogens (primary N) is 1. The van der Waals surface area contributed by atoms with Gasteiger partial charge < -0.3 is 15.7 Å². The molecule has 7 nitrogen and oxygen atoms in total. The second-order valence-electron chi connectivity index (χ2n) is 8.16. The molecule has 2 aromatic heterocycles. The molecule has 0 atom stereocenters. The van der Waals surface area contributed by atoms with Gasteiger partial charge in [-0.05, 0) is 50.8 Å². The first kappa shape index (κ1) is 20.4. The zero-order chi connectivity index (χ0) is 21.7. The number of halogens is 3. The van der Waals surface area contributed by atoms with Crippen LogP contribution in [0.1, 0.15) is 32.3 Å². The van der Waals surface area contributed by atoms with Crippen molar-refractivity contribution in [1.29, 1.82) is 0 Å². The number of hydrogen-bond donors (Lipinski definition) is 2. The fraction of sp³-hybridized carbons (Fsp3) is 0.450. The summed E-state index contributed by atoms with van der Waals surface area (Å²) in [6.45, 7) is 4.98. The predicted molar refractivity (Wildman–Crippen MR) is 107 cm³/mol. The summed E-state index contributed by atoms with van der Waals surface area (Å²) in [6.07, 6.45) is -1.33. The van der Waals surface area contributed by atoms with Gasteiger partial charge in [0.1, 0.15) is 5.82 Å². The number of benzene rings is 1. The lowest BCUT2D eigenvalue weighted by Crippen LogP contribution is -2.42. The number of anilines is 2. The molecule has 1 saturated heterocycles. The summed E-state index contributed by atoms with van der Waals surface area (Å²) in [5.41, 5.74) is 5.00. The van der Waals surface area contributed by atoms with E-state index in [1.54, 1.807) is 6.20 Å². The molecular weight excluding hydrogens is 397 g/mol. The van der Waals surface area contributed by atoms with Crippen LogP contribution in [-0.4, -0.2) is 43.5 Å². The van der Waals surface area contributed by atoms with E-state index in [-0.39, 0.29) is 17.6 Å². The monoisotopic (exact) mass is 420 g/mol. The van der Waals surface area contributed by atoms with E-state index in [2.05, 4.69) is 20.0 Å². The van der Waals surface area contributed by atoms with Crippen molar-refractivity contribution in [3.8, 4) is 5.69 Å². The summed E-state index contributed by atoms with van der Waals surface area (Å²) in [6, 6.07) is 4.91. The Bertz CT molecular complexity index is 1060. The number of fused-ring (bicyclic) bond motifs is 1. The van der Waals surface area contributed by atoms with Crippen LogP contribution in [0.3, 0.4) is 0 Å². The number of hydrogen-bond acceptors (Lipinski definition) is 6. The van der Waals surface area contributed by atoms with Crippen molar-refractivity contribution in [2.75, 3.05) is 23.7 Å². The number of aromatic nitrogens is 4. The van der Waals surface area contributed by atoms with Gasteiger partial charge in [0.2, 0.25) is 5.95 Å². The van der Waals surface area contributed by atoms with Crippen LogP contribution in [0.2, 0.25) is 0 Å². The van der Waals surface area contributed by atoms with Gasteiger partial charge in [0.15, 0.2) is 5.65 Å². The average Bonchev–Trinajstić information content (AvgIpc) is 3.10. The van der Waals surface area contributed by atoms with Crippen LogP contribution in [0.5, 0.6) is 0 Å². The Labute approximate surface area is 171 Å². The van der Waals surface area contributed by atoms with E-state index in [0.717, 1.165) is 25.0 Å². The maximum Gasteiger partial charge on any atom is 0.416 e. The van der Waals surface area contributed by atoms with Crippen LogP contribution in [0, 0.1) is 5.92 Å². The van der Waals surface area contributed by atoms with Gasteiger partial charge >= 0.3 is 6.18 Å². The molecule has 0 amide bonds. The summed E-state index contributed by atoms with van der Waals surface area (Å²) in [7, 11) is 0. The van der Waals surface area contributed by atoms with Gasteiger partial charge in [-0.2, -0.15) is 28.2 Å². The Morgan fingerprint density at radius 3 is 2.47 bits per heavy atom. The quantitative estimate of drug-likeness (QED) is 0.675. The number of rotatable bonds is 3. The minimum absolute atomic E-state index is 0.0239. The molecule has 0 unspecified atom stereocenters. The standard InChI is InChI=1S/C20H23F3N6O/c1-19(2,30)12-6-8-28(9-7-12)16-15-11-25-29(17(15)27-18(24)26-16)14-5-3-4-13(10-14)20(21,22)23/h3-5,10-12,30H,6-9H2,1-2H3,(H2,24,26,27). The van der Waals surface area contributed by atoms with E-state index >= 15 is 0 Å². The van der Waals surface area contributed by atoms with Gasteiger partial charge in [0, 0.05) is 13.1 Å². The third kappa shape index (κ3) is 3.79. The number of nitrogen functional groups attached to an aromatic ring is 1. The molecule has 4 rings (SSSR count). The SMILES string of the molecule is CC(C)(O)C1CCN(c2nc(N)nc3c2cnn3-c2cccc(C(F)(F)F)c2)CC1. The van der Waals surface area contributed by atoms with Gasteiger partial charge in [-0.25, -0.2) is 4.68 Å². The summed E-state index contributed by atoms with van der Waals surface area (Å²) >= 11 is 0. The predicted octanol–water partition coefficient (Wildman–Crippen LogP) is 3.40. The largest absolute Gasteiger partial charge is 0.416 e. The lowest BCUT2D eigenvalue weighted by atomic mass is 9.83. The van der Waals surface area contributed by atoms with Gasteiger partial charge in [-0.1, -0.05) is 6.07 Å². The normalized spacial score (nSPS) is 16.4. The van der Waals surface area contributed by atoms with Gasteiger partial charge in [0.25, 0.3) is 0 Å². The minimum atomic E-state index is -4.46.